The van der Waals surface area contributed by atoms with Crippen molar-refractivity contribution in [1.29, 1.82) is 0 Å². The first-order chi connectivity index (χ1) is 16.5. The zero-order chi connectivity index (χ0) is 23.8. The third-order valence-corrected chi connectivity index (χ3v) is 6.23. The molecule has 0 saturated carbocycles. The van der Waals surface area contributed by atoms with E-state index in [9.17, 15) is 14.0 Å². The summed E-state index contributed by atoms with van der Waals surface area (Å²) in [5, 5.41) is 0. The number of halogens is 1. The molecule has 3 aromatic rings. The minimum Gasteiger partial charge on any atom is -0.497 e. The van der Waals surface area contributed by atoms with Crippen LogP contribution in [-0.2, 0) is 22.6 Å². The molecule has 5 rings (SSSR count). The fourth-order valence-electron chi connectivity index (χ4n) is 4.53. The molecule has 0 spiro atoms. The highest BCUT2D eigenvalue weighted by molar-refractivity contribution is 6.45. The van der Waals surface area contributed by atoms with Crippen LogP contribution in [0.1, 0.15) is 16.7 Å². The Morgan fingerprint density at radius 3 is 2.12 bits per heavy atom. The molecule has 2 aliphatic heterocycles. The SMILES string of the molecule is COc1cc(OC)cc(N2C(=O)C(c3ccc(F)cc3)=C(N3CCc4ccccc4C3)C2=O)c1. The Balaban J connectivity index is 1.62. The van der Waals surface area contributed by atoms with Crippen LogP contribution < -0.4 is 14.4 Å². The number of carbonyl (C=O) groups excluding carboxylic acids is 2. The van der Waals surface area contributed by atoms with Crippen molar-refractivity contribution in [3.8, 4) is 11.5 Å². The lowest BCUT2D eigenvalue weighted by Crippen LogP contribution is -2.37. The Kier molecular flexibility index (Phi) is 5.53. The third kappa shape index (κ3) is 3.69. The first-order valence-electron chi connectivity index (χ1n) is 10.9. The maximum Gasteiger partial charge on any atom is 0.282 e. The number of carbonyl (C=O) groups is 2. The van der Waals surface area contributed by atoms with Gasteiger partial charge in [-0.1, -0.05) is 36.4 Å². The standard InChI is InChI=1S/C27H23FN2O4/c1-33-22-13-21(14-23(15-22)34-2)30-26(31)24(18-7-9-20(28)10-8-18)25(27(30)32)29-12-11-17-5-3-4-6-19(17)16-29/h3-10,13-15H,11-12,16H2,1-2H3. The molecule has 0 bridgehead atoms. The number of benzene rings is 3. The summed E-state index contributed by atoms with van der Waals surface area (Å²) in [7, 11) is 3.01. The monoisotopic (exact) mass is 458 g/mol. The molecule has 6 nitrogen and oxygen atoms in total. The fraction of sp³-hybridized carbons (Fsp3) is 0.185. The molecule has 2 heterocycles. The van der Waals surface area contributed by atoms with E-state index in [-0.39, 0.29) is 5.57 Å². The van der Waals surface area contributed by atoms with Crippen LogP contribution in [0.4, 0.5) is 10.1 Å². The molecule has 7 heteroatoms. The highest BCUT2D eigenvalue weighted by Gasteiger charge is 2.43. The van der Waals surface area contributed by atoms with Crippen molar-refractivity contribution in [1.82, 2.24) is 4.90 Å². The molecular formula is C27H23FN2O4. The Bertz CT molecular complexity index is 1290. The van der Waals surface area contributed by atoms with E-state index < -0.39 is 17.6 Å². The van der Waals surface area contributed by atoms with Gasteiger partial charge in [0.05, 0.1) is 25.5 Å². The minimum absolute atomic E-state index is 0.256. The quantitative estimate of drug-likeness (QED) is 0.537. The number of rotatable bonds is 5. The fourth-order valence-corrected chi connectivity index (χ4v) is 4.53. The molecule has 0 aromatic heterocycles. The van der Waals surface area contributed by atoms with Crippen LogP contribution in [0.5, 0.6) is 11.5 Å². The van der Waals surface area contributed by atoms with Gasteiger partial charge in [-0.2, -0.15) is 0 Å². The number of imide groups is 1. The van der Waals surface area contributed by atoms with E-state index in [0.29, 0.717) is 41.5 Å². The van der Waals surface area contributed by atoms with Crippen molar-refractivity contribution in [2.45, 2.75) is 13.0 Å². The molecule has 2 amide bonds. The largest absolute Gasteiger partial charge is 0.497 e. The molecule has 0 aliphatic carbocycles. The molecule has 0 unspecified atom stereocenters. The lowest BCUT2D eigenvalue weighted by molar-refractivity contribution is -0.120. The van der Waals surface area contributed by atoms with Crippen LogP contribution in [0.15, 0.2) is 72.4 Å². The Morgan fingerprint density at radius 2 is 1.47 bits per heavy atom. The van der Waals surface area contributed by atoms with Gasteiger partial charge in [-0.05, 0) is 35.2 Å². The summed E-state index contributed by atoms with van der Waals surface area (Å²) in [5.41, 5.74) is 3.75. The number of anilines is 1. The van der Waals surface area contributed by atoms with Gasteiger partial charge in [-0.3, -0.25) is 9.59 Å². The van der Waals surface area contributed by atoms with E-state index in [2.05, 4.69) is 6.07 Å². The lowest BCUT2D eigenvalue weighted by Gasteiger charge is -2.31. The molecule has 34 heavy (non-hydrogen) atoms. The van der Waals surface area contributed by atoms with E-state index in [4.69, 9.17) is 9.47 Å². The van der Waals surface area contributed by atoms with Crippen LogP contribution in [0, 0.1) is 5.82 Å². The molecule has 0 radical (unpaired) electrons. The summed E-state index contributed by atoms with van der Waals surface area (Å²) >= 11 is 0. The maximum atomic E-state index is 13.8. The summed E-state index contributed by atoms with van der Waals surface area (Å²) in [5.74, 6) is -0.402. The number of methoxy groups -OCH3 is 2. The van der Waals surface area contributed by atoms with Crippen molar-refractivity contribution in [2.24, 2.45) is 0 Å². The number of ether oxygens (including phenoxy) is 2. The van der Waals surface area contributed by atoms with Gasteiger partial charge in [0.2, 0.25) is 0 Å². The van der Waals surface area contributed by atoms with E-state index in [1.54, 1.807) is 18.2 Å². The van der Waals surface area contributed by atoms with Gasteiger partial charge in [0.1, 0.15) is 23.0 Å². The Labute approximate surface area is 196 Å². The van der Waals surface area contributed by atoms with E-state index >= 15 is 0 Å². The third-order valence-electron chi connectivity index (χ3n) is 6.23. The molecule has 0 atom stereocenters. The van der Waals surface area contributed by atoms with Crippen LogP contribution in [0.3, 0.4) is 0 Å². The summed E-state index contributed by atoms with van der Waals surface area (Å²) in [6.07, 6.45) is 0.755. The topological polar surface area (TPSA) is 59.1 Å². The van der Waals surface area contributed by atoms with Gasteiger partial charge >= 0.3 is 0 Å². The minimum atomic E-state index is -0.472. The number of nitrogens with zero attached hydrogens (tertiary/aromatic N) is 2. The first kappa shape index (κ1) is 21.7. The van der Waals surface area contributed by atoms with Gasteiger partial charge in [-0.15, -0.1) is 0 Å². The van der Waals surface area contributed by atoms with Gasteiger partial charge in [-0.25, -0.2) is 9.29 Å². The second kappa shape index (κ2) is 8.67. The average Bonchev–Trinajstić information content (AvgIpc) is 3.13. The second-order valence-electron chi connectivity index (χ2n) is 8.19. The zero-order valence-corrected chi connectivity index (χ0v) is 18.9. The zero-order valence-electron chi connectivity index (χ0n) is 18.9. The lowest BCUT2D eigenvalue weighted by atomic mass is 9.98. The predicted octanol–water partition coefficient (Wildman–Crippen LogP) is 4.19. The molecule has 0 N–H and O–H groups in total. The van der Waals surface area contributed by atoms with Crippen molar-refractivity contribution in [3.05, 3.63) is 94.9 Å². The number of fused-ring (bicyclic) bond motifs is 1. The van der Waals surface area contributed by atoms with Gasteiger partial charge in [0.25, 0.3) is 11.8 Å². The summed E-state index contributed by atoms with van der Waals surface area (Å²) in [4.78, 5) is 30.7. The Hall–Kier alpha value is -4.13. The van der Waals surface area contributed by atoms with Gasteiger partial charge < -0.3 is 14.4 Å². The van der Waals surface area contributed by atoms with Gasteiger partial charge in [0, 0.05) is 31.3 Å². The van der Waals surface area contributed by atoms with Crippen molar-refractivity contribution >= 4 is 23.1 Å². The van der Waals surface area contributed by atoms with Crippen molar-refractivity contribution in [3.63, 3.8) is 0 Å². The number of hydrogen-bond donors (Lipinski definition) is 0. The van der Waals surface area contributed by atoms with E-state index in [1.165, 1.54) is 44.0 Å². The molecular weight excluding hydrogens is 435 g/mol. The molecule has 0 fully saturated rings. The smallest absolute Gasteiger partial charge is 0.282 e. The van der Waals surface area contributed by atoms with Crippen LogP contribution in [0.2, 0.25) is 0 Å². The van der Waals surface area contributed by atoms with Crippen LogP contribution in [0.25, 0.3) is 5.57 Å². The van der Waals surface area contributed by atoms with E-state index in [0.717, 1.165) is 16.9 Å². The maximum absolute atomic E-state index is 13.8. The predicted molar refractivity (Wildman–Crippen MR) is 126 cm³/mol. The Morgan fingerprint density at radius 1 is 0.824 bits per heavy atom. The second-order valence-corrected chi connectivity index (χ2v) is 8.19. The summed E-state index contributed by atoms with van der Waals surface area (Å²) in [6, 6.07) is 18.6. The highest BCUT2D eigenvalue weighted by Crippen LogP contribution is 2.39. The van der Waals surface area contributed by atoms with Crippen LogP contribution >= 0.6 is 0 Å². The van der Waals surface area contributed by atoms with Crippen molar-refractivity contribution < 1.29 is 23.5 Å². The molecule has 0 saturated heterocycles. The molecule has 2 aliphatic rings. The van der Waals surface area contributed by atoms with E-state index in [1.807, 2.05) is 23.1 Å². The summed E-state index contributed by atoms with van der Waals surface area (Å²) < 4.78 is 24.3. The highest BCUT2D eigenvalue weighted by atomic mass is 19.1. The first-order valence-corrected chi connectivity index (χ1v) is 10.9. The van der Waals surface area contributed by atoms with Crippen molar-refractivity contribution in [2.75, 3.05) is 25.7 Å². The molecule has 172 valence electrons. The average molecular weight is 458 g/mol. The number of amides is 2. The van der Waals surface area contributed by atoms with Crippen LogP contribution in [-0.4, -0.2) is 37.5 Å². The summed E-state index contributed by atoms with van der Waals surface area (Å²) in [6.45, 7) is 1.09. The number of hydrogen-bond acceptors (Lipinski definition) is 5. The molecule has 3 aromatic carbocycles. The van der Waals surface area contributed by atoms with Gasteiger partial charge in [0.15, 0.2) is 0 Å². The normalized spacial score (nSPS) is 15.6.